The maximum absolute atomic E-state index is 13.7. The molecule has 2 aromatic rings. The van der Waals surface area contributed by atoms with Gasteiger partial charge >= 0.3 is 0 Å². The molecule has 1 aromatic carbocycles. The second-order valence-corrected chi connectivity index (χ2v) is 4.18. The summed E-state index contributed by atoms with van der Waals surface area (Å²) >= 11 is 0. The standard InChI is InChI=1S/C11H11FN6O3/c1-5(10-14-4-15-17-10)16-11(19)8-6(12)2-3-7(9(8)13)18(20)21/h2-5H,13H2,1H3,(H,16,19)(H,14,15,17). The minimum Gasteiger partial charge on any atom is -0.392 e. The van der Waals surface area contributed by atoms with Crippen molar-refractivity contribution in [1.29, 1.82) is 0 Å². The van der Waals surface area contributed by atoms with Gasteiger partial charge < -0.3 is 11.1 Å². The van der Waals surface area contributed by atoms with Gasteiger partial charge in [-0.15, -0.1) is 0 Å². The van der Waals surface area contributed by atoms with E-state index in [0.717, 1.165) is 12.1 Å². The van der Waals surface area contributed by atoms with Crippen LogP contribution >= 0.6 is 0 Å². The second-order valence-electron chi connectivity index (χ2n) is 4.18. The van der Waals surface area contributed by atoms with Crippen molar-refractivity contribution in [3.8, 4) is 0 Å². The Balaban J connectivity index is 2.31. The Kier molecular flexibility index (Phi) is 3.78. The number of carbonyl (C=O) groups excluding carboxylic acids is 1. The molecule has 2 rings (SSSR count). The summed E-state index contributed by atoms with van der Waals surface area (Å²) < 4.78 is 13.7. The molecule has 0 bridgehead atoms. The molecular weight excluding hydrogens is 283 g/mol. The van der Waals surface area contributed by atoms with Crippen molar-refractivity contribution in [2.75, 3.05) is 5.73 Å². The summed E-state index contributed by atoms with van der Waals surface area (Å²) in [6, 6.07) is 1.13. The zero-order chi connectivity index (χ0) is 15.6. The van der Waals surface area contributed by atoms with Gasteiger partial charge in [-0.1, -0.05) is 0 Å². The quantitative estimate of drug-likeness (QED) is 0.435. The average Bonchev–Trinajstić information content (AvgIpc) is 2.91. The van der Waals surface area contributed by atoms with Crippen molar-refractivity contribution in [2.45, 2.75) is 13.0 Å². The smallest absolute Gasteiger partial charge is 0.293 e. The third kappa shape index (κ3) is 2.78. The lowest BCUT2D eigenvalue weighted by atomic mass is 10.1. The highest BCUT2D eigenvalue weighted by Crippen LogP contribution is 2.27. The summed E-state index contributed by atoms with van der Waals surface area (Å²) in [5.74, 6) is -1.47. The van der Waals surface area contributed by atoms with E-state index in [1.807, 2.05) is 0 Å². The first-order valence-corrected chi connectivity index (χ1v) is 5.80. The van der Waals surface area contributed by atoms with Crippen LogP contribution in [0, 0.1) is 15.9 Å². The van der Waals surface area contributed by atoms with Crippen molar-refractivity contribution < 1.29 is 14.1 Å². The number of nitrogens with two attached hydrogens (primary N) is 1. The predicted octanol–water partition coefficient (Wildman–Crippen LogP) is 0.925. The molecule has 10 heteroatoms. The van der Waals surface area contributed by atoms with Gasteiger partial charge in [0.05, 0.1) is 11.0 Å². The first-order chi connectivity index (χ1) is 9.91. The van der Waals surface area contributed by atoms with Gasteiger partial charge in [0.1, 0.15) is 29.2 Å². The monoisotopic (exact) mass is 294 g/mol. The summed E-state index contributed by atoms with van der Waals surface area (Å²) in [5, 5.41) is 19.4. The van der Waals surface area contributed by atoms with Crippen LogP contribution in [0.5, 0.6) is 0 Å². The highest BCUT2D eigenvalue weighted by Gasteiger charge is 2.25. The Hall–Kier alpha value is -3.04. The number of hydrogen-bond acceptors (Lipinski definition) is 6. The first-order valence-electron chi connectivity index (χ1n) is 5.80. The van der Waals surface area contributed by atoms with Crippen LogP contribution in [0.2, 0.25) is 0 Å². The molecule has 0 aliphatic carbocycles. The highest BCUT2D eigenvalue weighted by atomic mass is 19.1. The van der Waals surface area contributed by atoms with E-state index in [4.69, 9.17) is 5.73 Å². The predicted molar refractivity (Wildman–Crippen MR) is 69.7 cm³/mol. The molecule has 110 valence electrons. The fourth-order valence-electron chi connectivity index (χ4n) is 1.73. The molecule has 0 saturated heterocycles. The summed E-state index contributed by atoms with van der Waals surface area (Å²) in [6.07, 6.45) is 1.25. The van der Waals surface area contributed by atoms with Gasteiger partial charge in [0.15, 0.2) is 0 Å². The number of aromatic amines is 1. The lowest BCUT2D eigenvalue weighted by Gasteiger charge is -2.12. The molecule has 1 heterocycles. The number of benzene rings is 1. The molecule has 0 saturated carbocycles. The number of nitrogens with one attached hydrogen (secondary N) is 2. The van der Waals surface area contributed by atoms with E-state index in [9.17, 15) is 19.3 Å². The van der Waals surface area contributed by atoms with Crippen LogP contribution in [-0.4, -0.2) is 26.0 Å². The van der Waals surface area contributed by atoms with Gasteiger partial charge in [0, 0.05) is 6.07 Å². The summed E-state index contributed by atoms with van der Waals surface area (Å²) in [5.41, 5.74) is 3.87. The van der Waals surface area contributed by atoms with Crippen LogP contribution in [0.4, 0.5) is 15.8 Å². The molecule has 1 aromatic heterocycles. The summed E-state index contributed by atoms with van der Waals surface area (Å²) in [4.78, 5) is 25.9. The lowest BCUT2D eigenvalue weighted by Crippen LogP contribution is -2.29. The first kappa shape index (κ1) is 14.4. The van der Waals surface area contributed by atoms with Gasteiger partial charge in [0.25, 0.3) is 11.6 Å². The van der Waals surface area contributed by atoms with Crippen LogP contribution in [0.3, 0.4) is 0 Å². The highest BCUT2D eigenvalue weighted by molar-refractivity contribution is 6.01. The topological polar surface area (TPSA) is 140 Å². The van der Waals surface area contributed by atoms with Gasteiger partial charge in [-0.2, -0.15) is 5.10 Å². The van der Waals surface area contributed by atoms with Crippen molar-refractivity contribution in [2.24, 2.45) is 0 Å². The molecule has 4 N–H and O–H groups in total. The zero-order valence-electron chi connectivity index (χ0n) is 10.8. The number of hydrogen-bond donors (Lipinski definition) is 3. The van der Waals surface area contributed by atoms with Crippen molar-refractivity contribution >= 4 is 17.3 Å². The molecular formula is C11H11FN6O3. The number of nitro benzene ring substituents is 1. The van der Waals surface area contributed by atoms with Crippen LogP contribution in [0.15, 0.2) is 18.5 Å². The SMILES string of the molecule is CC(NC(=O)c1c(F)ccc([N+](=O)[O-])c1N)c1ncn[nH]1. The Morgan fingerprint density at radius 3 is 2.86 bits per heavy atom. The van der Waals surface area contributed by atoms with E-state index >= 15 is 0 Å². The fraction of sp³-hybridized carbons (Fsp3) is 0.182. The van der Waals surface area contributed by atoms with Crippen LogP contribution in [-0.2, 0) is 0 Å². The minimum absolute atomic E-state index is 0.354. The number of nitrogen functional groups attached to an aromatic ring is 1. The number of H-pyrrole nitrogens is 1. The van der Waals surface area contributed by atoms with Gasteiger partial charge in [0.2, 0.25) is 0 Å². The van der Waals surface area contributed by atoms with E-state index < -0.39 is 39.6 Å². The van der Waals surface area contributed by atoms with E-state index in [1.165, 1.54) is 6.33 Å². The number of nitro groups is 1. The Morgan fingerprint density at radius 2 is 2.29 bits per heavy atom. The van der Waals surface area contributed by atoms with Gasteiger partial charge in [-0.05, 0) is 13.0 Å². The van der Waals surface area contributed by atoms with Crippen LogP contribution < -0.4 is 11.1 Å². The number of rotatable bonds is 4. The molecule has 0 fully saturated rings. The molecule has 0 aliphatic heterocycles. The minimum atomic E-state index is -0.944. The Labute approximate surface area is 117 Å². The Bertz CT molecular complexity index is 688. The number of aromatic nitrogens is 3. The summed E-state index contributed by atoms with van der Waals surface area (Å²) in [7, 11) is 0. The lowest BCUT2D eigenvalue weighted by molar-refractivity contribution is -0.384. The molecule has 21 heavy (non-hydrogen) atoms. The van der Waals surface area contributed by atoms with E-state index in [1.54, 1.807) is 6.92 Å². The number of carbonyl (C=O) groups is 1. The second kappa shape index (κ2) is 5.53. The molecule has 1 unspecified atom stereocenters. The van der Waals surface area contributed by atoms with Crippen LogP contribution in [0.1, 0.15) is 29.1 Å². The fourth-order valence-corrected chi connectivity index (χ4v) is 1.73. The number of amides is 1. The van der Waals surface area contributed by atoms with Crippen LogP contribution in [0.25, 0.3) is 0 Å². The number of anilines is 1. The maximum atomic E-state index is 13.7. The number of halogens is 1. The van der Waals surface area contributed by atoms with Gasteiger partial charge in [-0.3, -0.25) is 20.0 Å². The largest absolute Gasteiger partial charge is 0.392 e. The third-order valence-electron chi connectivity index (χ3n) is 2.79. The van der Waals surface area contributed by atoms with E-state index in [-0.39, 0.29) is 0 Å². The molecule has 9 nitrogen and oxygen atoms in total. The zero-order valence-corrected chi connectivity index (χ0v) is 10.8. The van der Waals surface area contributed by atoms with Crippen molar-refractivity contribution in [1.82, 2.24) is 20.5 Å². The number of nitrogens with zero attached hydrogens (tertiary/aromatic N) is 3. The molecule has 0 aliphatic rings. The van der Waals surface area contributed by atoms with E-state index in [0.29, 0.717) is 5.82 Å². The maximum Gasteiger partial charge on any atom is 0.293 e. The average molecular weight is 294 g/mol. The van der Waals surface area contributed by atoms with E-state index in [2.05, 4.69) is 20.5 Å². The molecule has 1 atom stereocenters. The normalized spacial score (nSPS) is 11.9. The molecule has 0 spiro atoms. The Morgan fingerprint density at radius 1 is 1.57 bits per heavy atom. The molecule has 0 radical (unpaired) electrons. The van der Waals surface area contributed by atoms with Crippen molar-refractivity contribution in [3.63, 3.8) is 0 Å². The molecule has 1 amide bonds. The van der Waals surface area contributed by atoms with Gasteiger partial charge in [-0.25, -0.2) is 9.37 Å². The summed E-state index contributed by atoms with van der Waals surface area (Å²) in [6.45, 7) is 1.59. The van der Waals surface area contributed by atoms with Crippen molar-refractivity contribution in [3.05, 3.63) is 45.8 Å². The third-order valence-corrected chi connectivity index (χ3v) is 2.79.